The van der Waals surface area contributed by atoms with Crippen LogP contribution < -0.4 is 5.43 Å². The molecule has 2 aliphatic rings. The number of aliphatic hydroxyl groups is 1. The summed E-state index contributed by atoms with van der Waals surface area (Å²) in [7, 11) is 0. The zero-order chi connectivity index (χ0) is 24.5. The lowest BCUT2D eigenvalue weighted by molar-refractivity contribution is 0.0579. The normalized spacial score (nSPS) is 19.9. The minimum Gasteiger partial charge on any atom is -0.395 e. The lowest BCUT2D eigenvalue weighted by atomic mass is 9.63. The summed E-state index contributed by atoms with van der Waals surface area (Å²) in [4.78, 5) is 28.9. The molecule has 2 N–H and O–H groups in total. The summed E-state index contributed by atoms with van der Waals surface area (Å²) in [6.45, 7) is 12.7. The Morgan fingerprint density at radius 3 is 2.15 bits per heavy atom. The predicted octanol–water partition coefficient (Wildman–Crippen LogP) is 3.52. The third-order valence-corrected chi connectivity index (χ3v) is 7.58. The standard InChI is InChI=1S/C28H37N3O3/c1-27(2)11-12-28(3,4)24-19-20(9-10-23(24)27)25(33)21-7-5-6-8-22(21)26(34)29-31-15-13-30(14-16-31)17-18-32/h5-10,19,32H,11-18H2,1-4H3,(H,29,34). The van der Waals surface area contributed by atoms with Crippen molar-refractivity contribution < 1.29 is 14.7 Å². The fourth-order valence-corrected chi connectivity index (χ4v) is 5.19. The van der Waals surface area contributed by atoms with Crippen LogP contribution >= 0.6 is 0 Å². The molecule has 1 amide bonds. The summed E-state index contributed by atoms with van der Waals surface area (Å²) in [6.07, 6.45) is 2.20. The summed E-state index contributed by atoms with van der Waals surface area (Å²) >= 11 is 0. The van der Waals surface area contributed by atoms with Crippen LogP contribution in [0.3, 0.4) is 0 Å². The van der Waals surface area contributed by atoms with E-state index in [0.29, 0.717) is 36.3 Å². The first-order chi connectivity index (χ1) is 16.1. The highest BCUT2D eigenvalue weighted by atomic mass is 16.3. The zero-order valence-corrected chi connectivity index (χ0v) is 20.9. The number of hydrogen-bond donors (Lipinski definition) is 2. The number of fused-ring (bicyclic) bond motifs is 1. The van der Waals surface area contributed by atoms with Gasteiger partial charge in [0.25, 0.3) is 5.91 Å². The second-order valence-electron chi connectivity index (χ2n) is 10.9. The van der Waals surface area contributed by atoms with E-state index >= 15 is 0 Å². The van der Waals surface area contributed by atoms with Gasteiger partial charge in [-0.05, 0) is 46.9 Å². The van der Waals surface area contributed by atoms with Crippen LogP contribution in [-0.4, -0.2) is 66.0 Å². The Labute approximate surface area is 202 Å². The van der Waals surface area contributed by atoms with E-state index in [-0.39, 0.29) is 29.1 Å². The minimum absolute atomic E-state index is 0.0101. The van der Waals surface area contributed by atoms with Crippen molar-refractivity contribution in [3.05, 3.63) is 70.3 Å². The molecule has 1 aliphatic heterocycles. The van der Waals surface area contributed by atoms with Crippen molar-refractivity contribution >= 4 is 11.7 Å². The molecule has 2 aromatic rings. The molecule has 1 aliphatic carbocycles. The topological polar surface area (TPSA) is 72.9 Å². The summed E-state index contributed by atoms with van der Waals surface area (Å²) in [6, 6.07) is 13.1. The SMILES string of the molecule is CC1(C)CCC(C)(C)c2cc(C(=O)c3ccccc3C(=O)NN3CCN(CCO)CC3)ccc21. The molecule has 6 heteroatoms. The Balaban J connectivity index is 1.56. The molecule has 0 aromatic heterocycles. The van der Waals surface area contributed by atoms with Crippen LogP contribution in [0.25, 0.3) is 0 Å². The van der Waals surface area contributed by atoms with Gasteiger partial charge in [0.1, 0.15) is 0 Å². The Morgan fingerprint density at radius 2 is 1.50 bits per heavy atom. The first kappa shape index (κ1) is 24.6. The predicted molar refractivity (Wildman–Crippen MR) is 134 cm³/mol. The van der Waals surface area contributed by atoms with Crippen molar-refractivity contribution in [3.8, 4) is 0 Å². The molecule has 2 aromatic carbocycles. The summed E-state index contributed by atoms with van der Waals surface area (Å²) < 4.78 is 0. The number of rotatable bonds is 6. The number of piperazine rings is 1. The van der Waals surface area contributed by atoms with Gasteiger partial charge < -0.3 is 5.11 Å². The van der Waals surface area contributed by atoms with Crippen LogP contribution in [0.15, 0.2) is 42.5 Å². The van der Waals surface area contributed by atoms with E-state index < -0.39 is 0 Å². The van der Waals surface area contributed by atoms with Crippen LogP contribution in [0, 0.1) is 0 Å². The van der Waals surface area contributed by atoms with Crippen molar-refractivity contribution in [2.75, 3.05) is 39.3 Å². The highest BCUT2D eigenvalue weighted by Crippen LogP contribution is 2.46. The Bertz CT molecular complexity index is 1070. The summed E-state index contributed by atoms with van der Waals surface area (Å²) in [5, 5.41) is 11.0. The lowest BCUT2D eigenvalue weighted by Crippen LogP contribution is -2.54. The fraction of sp³-hybridized carbons (Fsp3) is 0.500. The number of ketones is 1. The van der Waals surface area contributed by atoms with E-state index in [9.17, 15) is 9.59 Å². The minimum atomic E-state index is -0.265. The molecule has 0 bridgehead atoms. The number of hydrogen-bond acceptors (Lipinski definition) is 5. The van der Waals surface area contributed by atoms with Crippen molar-refractivity contribution in [2.24, 2.45) is 0 Å². The number of β-amino-alcohol motifs (C(OH)–C–C–N with tert-alkyl or cyclic N) is 1. The van der Waals surface area contributed by atoms with E-state index in [4.69, 9.17) is 5.11 Å². The monoisotopic (exact) mass is 463 g/mol. The smallest absolute Gasteiger partial charge is 0.266 e. The molecule has 1 saturated heterocycles. The first-order valence-corrected chi connectivity index (χ1v) is 12.3. The van der Waals surface area contributed by atoms with E-state index in [1.165, 1.54) is 11.1 Å². The third kappa shape index (κ3) is 4.95. The van der Waals surface area contributed by atoms with Gasteiger partial charge in [-0.25, -0.2) is 5.01 Å². The van der Waals surface area contributed by atoms with Gasteiger partial charge in [0, 0.05) is 43.9 Å². The molecule has 0 spiro atoms. The van der Waals surface area contributed by atoms with E-state index in [1.807, 2.05) is 23.2 Å². The molecule has 0 unspecified atom stereocenters. The molecule has 0 atom stereocenters. The second-order valence-corrected chi connectivity index (χ2v) is 10.9. The van der Waals surface area contributed by atoms with Gasteiger partial charge in [-0.15, -0.1) is 0 Å². The molecule has 0 saturated carbocycles. The van der Waals surface area contributed by atoms with Gasteiger partial charge in [0.05, 0.1) is 12.2 Å². The largest absolute Gasteiger partial charge is 0.395 e. The molecular weight excluding hydrogens is 426 g/mol. The van der Waals surface area contributed by atoms with Crippen LogP contribution in [0.4, 0.5) is 0 Å². The zero-order valence-electron chi connectivity index (χ0n) is 20.9. The van der Waals surface area contributed by atoms with Crippen LogP contribution in [-0.2, 0) is 10.8 Å². The number of nitrogens with one attached hydrogen (secondary N) is 1. The van der Waals surface area contributed by atoms with Crippen LogP contribution in [0.2, 0.25) is 0 Å². The summed E-state index contributed by atoms with van der Waals surface area (Å²) in [5.41, 5.74) is 7.06. The number of amides is 1. The van der Waals surface area contributed by atoms with E-state index in [1.54, 1.807) is 18.2 Å². The highest BCUT2D eigenvalue weighted by molar-refractivity contribution is 6.15. The lowest BCUT2D eigenvalue weighted by Gasteiger charge is -2.42. The van der Waals surface area contributed by atoms with Gasteiger partial charge in [-0.1, -0.05) is 58.0 Å². The van der Waals surface area contributed by atoms with Gasteiger partial charge in [-0.2, -0.15) is 0 Å². The maximum absolute atomic E-state index is 13.6. The molecule has 1 fully saturated rings. The number of carbonyl (C=O) groups excluding carboxylic acids is 2. The van der Waals surface area contributed by atoms with E-state index in [0.717, 1.165) is 25.9 Å². The number of aliphatic hydroxyl groups excluding tert-OH is 1. The molecule has 6 nitrogen and oxygen atoms in total. The maximum Gasteiger partial charge on any atom is 0.266 e. The molecule has 4 rings (SSSR count). The van der Waals surface area contributed by atoms with Gasteiger partial charge in [0.15, 0.2) is 5.78 Å². The number of nitrogens with zero attached hydrogens (tertiary/aromatic N) is 2. The van der Waals surface area contributed by atoms with Crippen molar-refractivity contribution in [3.63, 3.8) is 0 Å². The Hall–Kier alpha value is -2.54. The Kier molecular flexibility index (Phi) is 6.94. The van der Waals surface area contributed by atoms with Gasteiger partial charge >= 0.3 is 0 Å². The number of carbonyl (C=O) groups is 2. The van der Waals surface area contributed by atoms with E-state index in [2.05, 4.69) is 44.1 Å². The average Bonchev–Trinajstić information content (AvgIpc) is 2.83. The number of benzene rings is 2. The van der Waals surface area contributed by atoms with Crippen molar-refractivity contribution in [2.45, 2.75) is 51.4 Å². The number of hydrazine groups is 1. The van der Waals surface area contributed by atoms with Gasteiger partial charge in [-0.3, -0.25) is 19.9 Å². The Morgan fingerprint density at radius 1 is 0.882 bits per heavy atom. The van der Waals surface area contributed by atoms with Crippen LogP contribution in [0.5, 0.6) is 0 Å². The molecule has 0 radical (unpaired) electrons. The summed E-state index contributed by atoms with van der Waals surface area (Å²) in [5.74, 6) is -0.389. The third-order valence-electron chi connectivity index (χ3n) is 7.58. The quantitative estimate of drug-likeness (QED) is 0.642. The fourth-order valence-electron chi connectivity index (χ4n) is 5.19. The molecule has 1 heterocycles. The van der Waals surface area contributed by atoms with Crippen LogP contribution in [0.1, 0.15) is 77.9 Å². The second kappa shape index (κ2) is 9.61. The maximum atomic E-state index is 13.6. The average molecular weight is 464 g/mol. The van der Waals surface area contributed by atoms with Crippen molar-refractivity contribution in [1.82, 2.24) is 15.3 Å². The molecule has 34 heavy (non-hydrogen) atoms. The van der Waals surface area contributed by atoms with Crippen molar-refractivity contribution in [1.29, 1.82) is 0 Å². The molecular formula is C28H37N3O3. The molecule has 182 valence electrons. The van der Waals surface area contributed by atoms with Gasteiger partial charge in [0.2, 0.25) is 0 Å². The highest BCUT2D eigenvalue weighted by Gasteiger charge is 2.37. The first-order valence-electron chi connectivity index (χ1n) is 12.3.